The Morgan fingerprint density at radius 1 is 1.13 bits per heavy atom. The normalized spacial score (nSPS) is 33.4. The van der Waals surface area contributed by atoms with Crippen LogP contribution in [0.4, 0.5) is 8.78 Å². The zero-order valence-corrected chi connectivity index (χ0v) is 18.4. The number of alkyl halides is 2. The summed E-state index contributed by atoms with van der Waals surface area (Å²) in [6, 6.07) is 0. The minimum atomic E-state index is -5.69. The number of hydrogen-bond acceptors (Lipinski definition) is 6. The van der Waals surface area contributed by atoms with Crippen LogP contribution in [0.2, 0.25) is 0 Å². The molecular weight excluding hydrogens is 422 g/mol. The van der Waals surface area contributed by atoms with Crippen molar-refractivity contribution in [3.8, 4) is 0 Å². The van der Waals surface area contributed by atoms with Crippen molar-refractivity contribution in [1.82, 2.24) is 0 Å². The summed E-state index contributed by atoms with van der Waals surface area (Å²) in [6.45, 7) is 5.46. The van der Waals surface area contributed by atoms with Gasteiger partial charge in [-0.2, -0.15) is 17.2 Å². The van der Waals surface area contributed by atoms with Gasteiger partial charge in [-0.3, -0.25) is 14.1 Å². The van der Waals surface area contributed by atoms with Gasteiger partial charge < -0.3 is 9.47 Å². The van der Waals surface area contributed by atoms with Crippen LogP contribution in [0.5, 0.6) is 0 Å². The summed E-state index contributed by atoms with van der Waals surface area (Å²) in [6.07, 6.45) is 3.42. The van der Waals surface area contributed by atoms with E-state index < -0.39 is 44.2 Å². The summed E-state index contributed by atoms with van der Waals surface area (Å²) in [5.74, 6) is -1.03. The maximum Gasteiger partial charge on any atom is 0.380 e. The Hall–Kier alpha value is -1.29. The fourth-order valence-electron chi connectivity index (χ4n) is 5.68. The zero-order chi connectivity index (χ0) is 22.6. The lowest BCUT2D eigenvalue weighted by Crippen LogP contribution is -2.59. The second kappa shape index (κ2) is 7.39. The van der Waals surface area contributed by atoms with Crippen LogP contribution in [-0.4, -0.2) is 42.4 Å². The molecule has 0 radical (unpaired) electrons. The number of halogens is 2. The zero-order valence-electron chi connectivity index (χ0n) is 17.6. The first-order chi connectivity index (χ1) is 13.6. The van der Waals surface area contributed by atoms with Crippen molar-refractivity contribution in [3.63, 3.8) is 0 Å². The van der Waals surface area contributed by atoms with Crippen molar-refractivity contribution in [1.29, 1.82) is 0 Å². The Morgan fingerprint density at radius 3 is 2.20 bits per heavy atom. The molecule has 0 aromatic heterocycles. The van der Waals surface area contributed by atoms with Crippen LogP contribution in [0.15, 0.2) is 0 Å². The Morgan fingerprint density at radius 2 is 1.70 bits per heavy atom. The van der Waals surface area contributed by atoms with Gasteiger partial charge in [-0.25, -0.2) is 0 Å². The Bertz CT molecular complexity index is 807. The molecule has 0 amide bonds. The van der Waals surface area contributed by atoms with Crippen LogP contribution in [0.1, 0.15) is 72.1 Å². The molecule has 0 saturated heterocycles. The smallest absolute Gasteiger partial charge is 0.380 e. The predicted molar refractivity (Wildman–Crippen MR) is 102 cm³/mol. The summed E-state index contributed by atoms with van der Waals surface area (Å²) >= 11 is 0. The lowest BCUT2D eigenvalue weighted by atomic mass is 9.48. The van der Waals surface area contributed by atoms with Crippen molar-refractivity contribution in [3.05, 3.63) is 0 Å². The summed E-state index contributed by atoms with van der Waals surface area (Å²) in [4.78, 5) is 24.6. The summed E-state index contributed by atoms with van der Waals surface area (Å²) < 4.78 is 67.9. The molecule has 4 aliphatic carbocycles. The second-order valence-corrected chi connectivity index (χ2v) is 11.8. The van der Waals surface area contributed by atoms with Crippen LogP contribution >= 0.6 is 0 Å². The molecule has 0 spiro atoms. The lowest BCUT2D eigenvalue weighted by molar-refractivity contribution is -0.217. The van der Waals surface area contributed by atoms with Gasteiger partial charge in [0.05, 0.1) is 12.0 Å². The van der Waals surface area contributed by atoms with Crippen molar-refractivity contribution in [2.75, 3.05) is 6.61 Å². The molecule has 30 heavy (non-hydrogen) atoms. The maximum atomic E-state index is 13.4. The van der Waals surface area contributed by atoms with Gasteiger partial charge in [0, 0.05) is 5.41 Å². The minimum Gasteiger partial charge on any atom is -0.465 e. The second-order valence-electron chi connectivity index (χ2n) is 10.2. The van der Waals surface area contributed by atoms with Gasteiger partial charge >= 0.3 is 27.3 Å². The van der Waals surface area contributed by atoms with E-state index in [1.165, 1.54) is 0 Å². The van der Waals surface area contributed by atoms with Gasteiger partial charge in [-0.1, -0.05) is 6.92 Å². The Labute approximate surface area is 175 Å². The lowest BCUT2D eigenvalue weighted by Gasteiger charge is -2.61. The van der Waals surface area contributed by atoms with E-state index in [1.807, 2.05) is 20.8 Å². The molecule has 172 valence electrons. The molecule has 0 heterocycles. The largest absolute Gasteiger partial charge is 0.465 e. The summed E-state index contributed by atoms with van der Waals surface area (Å²) in [5.41, 5.74) is -1.70. The van der Waals surface area contributed by atoms with Gasteiger partial charge in [0.25, 0.3) is 0 Å². The standard InChI is InChI=1S/C20H30F2O7S/c1-4-17(2,3)16(24)29-19-8-13-5-14(9-19)7-18(6-13,11-19)12-28-15(23)10-20(21,22)30(25,26)27/h13-14H,4-12H2,1-3H3,(H,25,26,27). The number of esters is 2. The van der Waals surface area contributed by atoms with E-state index in [0.29, 0.717) is 24.7 Å². The van der Waals surface area contributed by atoms with Gasteiger partial charge in [0.2, 0.25) is 0 Å². The monoisotopic (exact) mass is 452 g/mol. The molecule has 4 bridgehead atoms. The first kappa shape index (κ1) is 23.4. The number of carbonyl (C=O) groups is 2. The highest BCUT2D eigenvalue weighted by atomic mass is 32.2. The quantitative estimate of drug-likeness (QED) is 0.442. The minimum absolute atomic E-state index is 0.128. The van der Waals surface area contributed by atoms with Crippen LogP contribution in [0, 0.1) is 22.7 Å². The fraction of sp³-hybridized carbons (Fsp3) is 0.900. The van der Waals surface area contributed by atoms with E-state index in [0.717, 1.165) is 32.1 Å². The average Bonchev–Trinajstić information content (AvgIpc) is 2.57. The summed E-state index contributed by atoms with van der Waals surface area (Å²) in [7, 11) is -5.69. The van der Waals surface area contributed by atoms with Crippen LogP contribution in [0.25, 0.3) is 0 Å². The molecule has 2 unspecified atom stereocenters. The molecule has 0 aromatic carbocycles. The average molecular weight is 453 g/mol. The molecule has 4 fully saturated rings. The third-order valence-electron chi connectivity index (χ3n) is 7.14. The predicted octanol–water partition coefficient (Wildman–Crippen LogP) is 3.72. The molecule has 4 rings (SSSR count). The molecular formula is C20H30F2O7S. The molecule has 4 aliphatic rings. The molecule has 7 nitrogen and oxygen atoms in total. The molecule has 0 aliphatic heterocycles. The first-order valence-electron chi connectivity index (χ1n) is 10.3. The van der Waals surface area contributed by atoms with E-state index in [2.05, 4.69) is 0 Å². The third-order valence-corrected chi connectivity index (χ3v) is 8.04. The van der Waals surface area contributed by atoms with E-state index in [-0.39, 0.29) is 12.6 Å². The van der Waals surface area contributed by atoms with Crippen molar-refractivity contribution in [2.45, 2.75) is 83.0 Å². The highest BCUT2D eigenvalue weighted by molar-refractivity contribution is 7.86. The van der Waals surface area contributed by atoms with Crippen molar-refractivity contribution >= 4 is 22.1 Å². The molecule has 4 saturated carbocycles. The maximum absolute atomic E-state index is 13.4. The first-order valence-corrected chi connectivity index (χ1v) is 11.8. The van der Waals surface area contributed by atoms with E-state index in [1.54, 1.807) is 0 Å². The summed E-state index contributed by atoms with van der Waals surface area (Å²) in [5, 5.41) is -4.59. The van der Waals surface area contributed by atoms with E-state index >= 15 is 0 Å². The third kappa shape index (κ3) is 4.49. The van der Waals surface area contributed by atoms with Gasteiger partial charge in [-0.15, -0.1) is 0 Å². The topological polar surface area (TPSA) is 107 Å². The number of hydrogen-bond donors (Lipinski definition) is 1. The number of carbonyl (C=O) groups excluding carboxylic acids is 2. The Balaban J connectivity index is 1.69. The van der Waals surface area contributed by atoms with Gasteiger partial charge in [0.15, 0.2) is 0 Å². The number of ether oxygens (including phenoxy) is 2. The molecule has 2 atom stereocenters. The SMILES string of the molecule is CCC(C)(C)C(=O)OC12CC3CC(CC(COC(=O)CC(F)(F)S(=O)(=O)O)(C3)C1)C2. The van der Waals surface area contributed by atoms with Crippen LogP contribution in [0.3, 0.4) is 0 Å². The van der Waals surface area contributed by atoms with Gasteiger partial charge in [-0.05, 0) is 70.6 Å². The highest BCUT2D eigenvalue weighted by Gasteiger charge is 2.60. The molecule has 1 N–H and O–H groups in total. The Kier molecular flexibility index (Phi) is 5.76. The van der Waals surface area contributed by atoms with E-state index in [4.69, 9.17) is 14.0 Å². The van der Waals surface area contributed by atoms with Crippen LogP contribution in [-0.2, 0) is 29.2 Å². The van der Waals surface area contributed by atoms with Crippen molar-refractivity contribution in [2.24, 2.45) is 22.7 Å². The van der Waals surface area contributed by atoms with E-state index in [9.17, 15) is 26.8 Å². The molecule has 0 aromatic rings. The van der Waals surface area contributed by atoms with Crippen LogP contribution < -0.4 is 0 Å². The fourth-order valence-corrected chi connectivity index (χ4v) is 5.98. The molecule has 10 heteroatoms. The highest BCUT2D eigenvalue weighted by Crippen LogP contribution is 2.63. The van der Waals surface area contributed by atoms with Crippen molar-refractivity contribution < 1.29 is 40.8 Å². The number of rotatable bonds is 8. The van der Waals surface area contributed by atoms with Gasteiger partial charge in [0.1, 0.15) is 12.0 Å².